The van der Waals surface area contributed by atoms with Crippen LogP contribution in [0.3, 0.4) is 0 Å². The molecule has 1 aromatic rings. The summed E-state index contributed by atoms with van der Waals surface area (Å²) in [5.41, 5.74) is 0. The summed E-state index contributed by atoms with van der Waals surface area (Å²) in [5, 5.41) is 0. The third kappa shape index (κ3) is 1.64. The van der Waals surface area contributed by atoms with Crippen molar-refractivity contribution in [2.75, 3.05) is 0 Å². The van der Waals surface area contributed by atoms with Crippen LogP contribution in [0, 0.1) is 13.5 Å². The van der Waals surface area contributed by atoms with Gasteiger partial charge in [0.2, 0.25) is 0 Å². The van der Waals surface area contributed by atoms with Crippen LogP contribution in [0.15, 0.2) is 4.90 Å². The summed E-state index contributed by atoms with van der Waals surface area (Å²) in [4.78, 5) is 17.3. The molecule has 1 aromatic heterocycles. The van der Waals surface area contributed by atoms with Crippen molar-refractivity contribution >= 4 is 19.5 Å². The Morgan fingerprint density at radius 1 is 1.45 bits per heavy atom. The summed E-state index contributed by atoms with van der Waals surface area (Å²) in [7, 11) is 4.91. The van der Waals surface area contributed by atoms with Gasteiger partial charge in [0.1, 0.15) is 0 Å². The molecule has 0 aliphatic carbocycles. The molecule has 0 saturated carbocycles. The average Bonchev–Trinajstić information content (AvgIpc) is 2.03. The van der Waals surface area contributed by atoms with Gasteiger partial charge in [-0.1, -0.05) is 0 Å². The van der Waals surface area contributed by atoms with Gasteiger partial charge >= 0.3 is 63.5 Å². The number of aromatic nitrogens is 3. The van der Waals surface area contributed by atoms with E-state index in [1.54, 1.807) is 6.92 Å². The first-order valence-electron chi connectivity index (χ1n) is 2.77. The van der Waals surface area contributed by atoms with E-state index in [0.717, 1.165) is 0 Å². The van der Waals surface area contributed by atoms with Crippen molar-refractivity contribution < 1.29 is 0 Å². The van der Waals surface area contributed by atoms with E-state index in [-0.39, 0.29) is 11.9 Å². The van der Waals surface area contributed by atoms with Gasteiger partial charge in [-0.2, -0.15) is 0 Å². The zero-order valence-corrected chi connectivity index (χ0v) is 5.81. The molecule has 1 radical (unpaired) electrons. The van der Waals surface area contributed by atoms with Crippen molar-refractivity contribution in [1.82, 2.24) is 15.0 Å². The Kier molecular flexibility index (Phi) is 2.02. The van der Waals surface area contributed by atoms with Crippen molar-refractivity contribution in [2.45, 2.75) is 6.92 Å². The summed E-state index contributed by atoms with van der Waals surface area (Å²) >= 11 is 0. The monoisotopic (exact) mass is 144 g/mol. The molecule has 11 heavy (non-hydrogen) atoms. The van der Waals surface area contributed by atoms with E-state index in [1.165, 1.54) is 0 Å². The van der Waals surface area contributed by atoms with Gasteiger partial charge in [0.05, 0.1) is 0 Å². The zero-order valence-electron chi connectivity index (χ0n) is 5.81. The van der Waals surface area contributed by atoms with E-state index in [9.17, 15) is 0 Å². The third-order valence-electron chi connectivity index (χ3n) is 0.939. The molecular weight excluding hydrogens is 141 g/mol. The van der Waals surface area contributed by atoms with Crippen molar-refractivity contribution in [3.05, 3.63) is 17.2 Å². The Bertz CT molecular complexity index is 328. The molecule has 0 bridgehead atoms. The molecule has 0 unspecified atom stereocenters. The maximum absolute atomic E-state index is 6.60. The molecule has 0 saturated heterocycles. The van der Waals surface area contributed by atoms with Crippen molar-refractivity contribution in [1.29, 1.82) is 0 Å². The van der Waals surface area contributed by atoms with Gasteiger partial charge in [-0.25, -0.2) is 0 Å². The van der Waals surface area contributed by atoms with Gasteiger partial charge in [-0.15, -0.1) is 0 Å². The second-order valence-electron chi connectivity index (χ2n) is 1.72. The normalized spacial score (nSPS) is 8.64. The fourth-order valence-electron chi connectivity index (χ4n) is 0.562. The average molecular weight is 144 g/mol. The van der Waals surface area contributed by atoms with Crippen LogP contribution in [0.5, 0.6) is 0 Å². The second-order valence-corrected chi connectivity index (χ2v) is 1.72. The molecule has 0 spiro atoms. The van der Waals surface area contributed by atoms with Crippen molar-refractivity contribution in [3.8, 4) is 0 Å². The van der Waals surface area contributed by atoms with Crippen LogP contribution in [0.25, 0.3) is 4.85 Å². The SMILES string of the molecule is [B]=Nc1nc(C)nc([N+]#[C-])n1. The van der Waals surface area contributed by atoms with Gasteiger partial charge in [0, 0.05) is 0 Å². The molecule has 0 fully saturated rings. The molecule has 1 rings (SSSR count). The van der Waals surface area contributed by atoms with E-state index in [0.29, 0.717) is 5.82 Å². The Balaban J connectivity index is 3.25. The van der Waals surface area contributed by atoms with Crippen LogP contribution >= 0.6 is 0 Å². The first kappa shape index (κ1) is 7.47. The molecule has 0 atom stereocenters. The van der Waals surface area contributed by atoms with Crippen LogP contribution in [-0.2, 0) is 0 Å². The summed E-state index contributed by atoms with van der Waals surface area (Å²) in [6, 6.07) is 0. The van der Waals surface area contributed by atoms with Crippen LogP contribution < -0.4 is 0 Å². The maximum atomic E-state index is 6.60. The molecule has 0 aliphatic heterocycles. The third-order valence-corrected chi connectivity index (χ3v) is 0.939. The molecule has 5 nitrogen and oxygen atoms in total. The molecular formula is C5H3BN5. The first-order chi connectivity index (χ1) is 5.26. The van der Waals surface area contributed by atoms with Crippen LogP contribution in [-0.4, -0.2) is 22.6 Å². The molecule has 51 valence electrons. The van der Waals surface area contributed by atoms with Gasteiger partial charge in [-0.3, -0.25) is 0 Å². The topological polar surface area (TPSA) is 55.4 Å². The number of nitrogens with zero attached hydrogens (tertiary/aromatic N) is 5. The number of hydrogen-bond acceptors (Lipinski definition) is 4. The van der Waals surface area contributed by atoms with Gasteiger partial charge in [-0.05, 0) is 0 Å². The van der Waals surface area contributed by atoms with Gasteiger partial charge in [0.15, 0.2) is 0 Å². The fourth-order valence-corrected chi connectivity index (χ4v) is 0.562. The second kappa shape index (κ2) is 2.97. The molecule has 0 aromatic carbocycles. The Hall–Kier alpha value is -1.64. The van der Waals surface area contributed by atoms with E-state index >= 15 is 0 Å². The Labute approximate surface area is 64.5 Å². The predicted octanol–water partition coefficient (Wildman–Crippen LogP) is 0.714. The molecule has 6 heteroatoms. The minimum absolute atomic E-state index is 0.0155. The molecule has 0 aliphatic rings. The van der Waals surface area contributed by atoms with E-state index < -0.39 is 0 Å². The van der Waals surface area contributed by atoms with Gasteiger partial charge < -0.3 is 0 Å². The number of hydrogen-bond donors (Lipinski definition) is 0. The van der Waals surface area contributed by atoms with Crippen LogP contribution in [0.2, 0.25) is 0 Å². The standard InChI is InChI=1S/C5H3BN5/c1-3-8-4(7-2)10-5(9-3)11-6/h1H3. The zero-order chi connectivity index (χ0) is 8.27. The van der Waals surface area contributed by atoms with Crippen LogP contribution in [0.4, 0.5) is 11.9 Å². The molecule has 0 N–H and O–H groups in total. The molecule has 0 amide bonds. The van der Waals surface area contributed by atoms with Crippen LogP contribution in [0.1, 0.15) is 5.82 Å². The summed E-state index contributed by atoms with van der Waals surface area (Å²) < 4.78 is 0. The number of rotatable bonds is 1. The quantitative estimate of drug-likeness (QED) is 0.430. The number of aryl methyl sites for hydroxylation is 1. The Morgan fingerprint density at radius 3 is 2.73 bits per heavy atom. The molecule has 1 heterocycles. The van der Waals surface area contributed by atoms with Crippen molar-refractivity contribution in [3.63, 3.8) is 0 Å². The fraction of sp³-hybridized carbons (Fsp3) is 0.200. The van der Waals surface area contributed by atoms with E-state index in [2.05, 4.69) is 24.7 Å². The first-order valence-corrected chi connectivity index (χ1v) is 2.77. The summed E-state index contributed by atoms with van der Waals surface area (Å²) in [6.07, 6.45) is 0. The summed E-state index contributed by atoms with van der Waals surface area (Å²) in [5.74, 6) is 0.542. The summed E-state index contributed by atoms with van der Waals surface area (Å²) in [6.45, 7) is 8.25. The predicted molar refractivity (Wildman–Crippen MR) is 38.7 cm³/mol. The van der Waals surface area contributed by atoms with Gasteiger partial charge in [0.25, 0.3) is 0 Å². The minimum atomic E-state index is 0.0155. The van der Waals surface area contributed by atoms with E-state index in [4.69, 9.17) is 14.2 Å². The van der Waals surface area contributed by atoms with E-state index in [1.807, 2.05) is 0 Å². The Morgan fingerprint density at radius 2 is 2.18 bits per heavy atom. The van der Waals surface area contributed by atoms with Crippen molar-refractivity contribution in [2.24, 2.45) is 4.90 Å².